The standard InChI is InChI=1S/C35H30I2O11S/c36-25-17-19(33(38)39)9-11-27(25)46-14-16-48-35(41)32-30-23-7-3-1-5-21(23)29(22-6-2-4-8-24(22)30)31(32)34(40)47-15-13-45-20-10-12-28(26(37)18-20)49(42,43)44/h1-12,17-18,21,23,29-32H,13-16H2,(H,38,39)(H,42,43,44)/p-2. The van der Waals surface area contributed by atoms with Crippen LogP contribution >= 0.6 is 45.2 Å². The van der Waals surface area contributed by atoms with Crippen molar-refractivity contribution in [2.75, 3.05) is 26.4 Å². The zero-order valence-corrected chi connectivity index (χ0v) is 30.7. The van der Waals surface area contributed by atoms with Crippen LogP contribution in [0.15, 0.2) is 89.9 Å². The Kier molecular flexibility index (Phi) is 10.7. The van der Waals surface area contributed by atoms with Gasteiger partial charge in [-0.1, -0.05) is 48.6 Å². The highest BCUT2D eigenvalue weighted by molar-refractivity contribution is 14.1. The number of esters is 2. The van der Waals surface area contributed by atoms with Gasteiger partial charge in [-0.15, -0.1) is 0 Å². The van der Waals surface area contributed by atoms with Crippen molar-refractivity contribution >= 4 is 73.2 Å². The third-order valence-electron chi connectivity index (χ3n) is 8.99. The largest absolute Gasteiger partial charge is 0.744 e. The van der Waals surface area contributed by atoms with Crippen molar-refractivity contribution in [1.82, 2.24) is 0 Å². The van der Waals surface area contributed by atoms with Crippen LogP contribution in [0, 0.1) is 30.8 Å². The summed E-state index contributed by atoms with van der Waals surface area (Å²) in [6.07, 6.45) is 8.08. The van der Waals surface area contributed by atoms with E-state index in [0.29, 0.717) is 15.1 Å². The van der Waals surface area contributed by atoms with Crippen molar-refractivity contribution in [1.29, 1.82) is 0 Å². The summed E-state index contributed by atoms with van der Waals surface area (Å²) in [6, 6.07) is 16.1. The Hall–Kier alpha value is -3.48. The first-order chi connectivity index (χ1) is 23.5. The number of halogens is 2. The Morgan fingerprint density at radius 2 is 1.29 bits per heavy atom. The number of aromatic carboxylic acids is 1. The molecular formula is C35H28I2O11S-2. The highest BCUT2D eigenvalue weighted by atomic mass is 127. The van der Waals surface area contributed by atoms with Crippen molar-refractivity contribution in [3.63, 3.8) is 0 Å². The van der Waals surface area contributed by atoms with E-state index in [2.05, 4.69) is 12.2 Å². The fourth-order valence-corrected chi connectivity index (χ4v) is 9.60. The predicted octanol–water partition coefficient (Wildman–Crippen LogP) is 4.19. The molecule has 0 radical (unpaired) electrons. The summed E-state index contributed by atoms with van der Waals surface area (Å²) in [7, 11) is -4.63. The molecule has 3 aromatic carbocycles. The van der Waals surface area contributed by atoms with Crippen molar-refractivity contribution in [2.45, 2.75) is 16.7 Å². The number of fused-ring (bicyclic) bond motifs is 1. The fraction of sp³-hybridized carbons (Fsp3) is 0.286. The lowest BCUT2D eigenvalue weighted by molar-refractivity contribution is -0.255. The van der Waals surface area contributed by atoms with Gasteiger partial charge in [-0.05, 0) is 110 Å². The number of carbonyl (C=O) groups excluding carboxylic acids is 3. The van der Waals surface area contributed by atoms with Gasteiger partial charge in [0.05, 0.1) is 26.3 Å². The Balaban J connectivity index is 1.17. The zero-order chi connectivity index (χ0) is 34.9. The van der Waals surface area contributed by atoms with Crippen molar-refractivity contribution in [3.8, 4) is 11.5 Å². The van der Waals surface area contributed by atoms with Crippen LogP contribution in [-0.4, -0.2) is 57.3 Å². The van der Waals surface area contributed by atoms with Crippen LogP contribution in [0.3, 0.4) is 0 Å². The number of hydrogen-bond donors (Lipinski definition) is 0. The number of rotatable bonds is 12. The molecule has 0 amide bonds. The minimum absolute atomic E-state index is 0.00558. The Morgan fingerprint density at radius 1 is 0.714 bits per heavy atom. The van der Waals surface area contributed by atoms with Gasteiger partial charge < -0.3 is 33.4 Å². The van der Waals surface area contributed by atoms with Crippen LogP contribution in [0.4, 0.5) is 0 Å². The molecule has 4 aliphatic carbocycles. The number of carboxylic acids is 1. The van der Waals surface area contributed by atoms with Gasteiger partial charge in [0, 0.05) is 15.4 Å². The molecule has 2 bridgehead atoms. The SMILES string of the molecule is O=C([O-])c1ccc(OCCOC(=O)C2C(C(=O)OCCOc3ccc(S(=O)(=O)[O-])c(I)c3)C3c4ccccc4C2C2C=CC=CC23)c(I)c1. The summed E-state index contributed by atoms with van der Waals surface area (Å²) in [5.41, 5.74) is 2.02. The molecule has 0 N–H and O–H groups in total. The van der Waals surface area contributed by atoms with Gasteiger partial charge in [-0.3, -0.25) is 9.59 Å². The molecule has 6 atom stereocenters. The lowest BCUT2D eigenvalue weighted by Gasteiger charge is -2.54. The summed E-state index contributed by atoms with van der Waals surface area (Å²) in [4.78, 5) is 38.7. The molecular weight excluding hydrogens is 882 g/mol. The zero-order valence-electron chi connectivity index (χ0n) is 25.5. The summed E-state index contributed by atoms with van der Waals surface area (Å²) < 4.78 is 57.8. The second-order valence-corrected chi connectivity index (χ2v) is 15.3. The molecule has 6 unspecified atom stereocenters. The summed E-state index contributed by atoms with van der Waals surface area (Å²) in [6.45, 7) is -0.281. The first kappa shape index (κ1) is 35.3. The molecule has 256 valence electrons. The van der Waals surface area contributed by atoms with Gasteiger partial charge in [0.15, 0.2) is 0 Å². The van der Waals surface area contributed by atoms with Gasteiger partial charge in [-0.2, -0.15) is 0 Å². The summed E-state index contributed by atoms with van der Waals surface area (Å²) in [5.74, 6) is -4.10. The predicted molar refractivity (Wildman–Crippen MR) is 188 cm³/mol. The average Bonchev–Trinajstić information content (AvgIpc) is 3.08. The fourth-order valence-electron chi connectivity index (χ4n) is 7.10. The first-order valence-corrected chi connectivity index (χ1v) is 18.8. The quantitative estimate of drug-likeness (QED) is 0.111. The van der Waals surface area contributed by atoms with Crippen LogP contribution in [0.5, 0.6) is 11.5 Å². The van der Waals surface area contributed by atoms with E-state index >= 15 is 0 Å². The summed E-state index contributed by atoms with van der Waals surface area (Å²) in [5, 5.41) is 11.1. The van der Waals surface area contributed by atoms with Crippen LogP contribution in [-0.2, 0) is 29.2 Å². The lowest BCUT2D eigenvalue weighted by Crippen LogP contribution is -2.54. The average molecular weight is 910 g/mol. The lowest BCUT2D eigenvalue weighted by atomic mass is 9.48. The van der Waals surface area contributed by atoms with Crippen molar-refractivity contribution in [2.24, 2.45) is 23.7 Å². The van der Waals surface area contributed by atoms with Gasteiger partial charge >= 0.3 is 11.9 Å². The topological polar surface area (TPSA) is 168 Å². The second kappa shape index (κ2) is 14.8. The molecule has 11 nitrogen and oxygen atoms in total. The molecule has 3 aromatic rings. The molecule has 0 spiro atoms. The number of benzene rings is 3. The van der Waals surface area contributed by atoms with Crippen molar-refractivity contribution in [3.05, 3.63) is 109 Å². The maximum atomic E-state index is 13.9. The van der Waals surface area contributed by atoms with Crippen molar-refractivity contribution < 1.29 is 51.4 Å². The van der Waals surface area contributed by atoms with Gasteiger partial charge in [0.1, 0.15) is 48.0 Å². The maximum Gasteiger partial charge on any atom is 0.310 e. The molecule has 0 aromatic heterocycles. The third-order valence-corrected chi connectivity index (χ3v) is 12.0. The minimum Gasteiger partial charge on any atom is -0.744 e. The Morgan fingerprint density at radius 3 is 1.80 bits per heavy atom. The highest BCUT2D eigenvalue weighted by Gasteiger charge is 2.60. The number of carbonyl (C=O) groups is 3. The van der Waals surface area contributed by atoms with Crippen LogP contribution in [0.25, 0.3) is 0 Å². The van der Waals surface area contributed by atoms with Crippen LogP contribution in [0.2, 0.25) is 0 Å². The summed E-state index contributed by atoms with van der Waals surface area (Å²) >= 11 is 3.69. The van der Waals surface area contributed by atoms with E-state index in [1.807, 2.05) is 59.0 Å². The minimum atomic E-state index is -4.63. The monoisotopic (exact) mass is 910 g/mol. The molecule has 0 aliphatic heterocycles. The highest BCUT2D eigenvalue weighted by Crippen LogP contribution is 2.62. The smallest absolute Gasteiger partial charge is 0.310 e. The normalized spacial score (nSPS) is 23.2. The molecule has 7 rings (SSSR count). The number of hydrogen-bond acceptors (Lipinski definition) is 11. The second-order valence-electron chi connectivity index (χ2n) is 11.7. The van der Waals surface area contributed by atoms with E-state index < -0.39 is 39.9 Å². The van der Waals surface area contributed by atoms with E-state index in [-0.39, 0.29) is 64.1 Å². The molecule has 0 heterocycles. The first-order valence-electron chi connectivity index (χ1n) is 15.2. The molecule has 0 saturated heterocycles. The Labute approximate surface area is 309 Å². The van der Waals surface area contributed by atoms with E-state index in [4.69, 9.17) is 18.9 Å². The van der Waals surface area contributed by atoms with Gasteiger partial charge in [0.25, 0.3) is 0 Å². The maximum absolute atomic E-state index is 13.9. The number of allylic oxidation sites excluding steroid dienone is 4. The number of carboxylic acid groups (broad SMARTS) is 1. The molecule has 1 fully saturated rings. The molecule has 14 heteroatoms. The molecule has 1 saturated carbocycles. The van der Waals surface area contributed by atoms with Crippen LogP contribution < -0.4 is 14.6 Å². The molecule has 4 aliphatic rings. The van der Waals surface area contributed by atoms with E-state index in [0.717, 1.165) is 11.1 Å². The molecule has 49 heavy (non-hydrogen) atoms. The number of ether oxygens (including phenoxy) is 4. The van der Waals surface area contributed by atoms with E-state index in [1.54, 1.807) is 22.6 Å². The van der Waals surface area contributed by atoms with Gasteiger partial charge in [0.2, 0.25) is 0 Å². The van der Waals surface area contributed by atoms with E-state index in [9.17, 15) is 32.5 Å². The van der Waals surface area contributed by atoms with E-state index in [1.165, 1.54) is 36.4 Å². The Bertz CT molecular complexity index is 1960. The van der Waals surface area contributed by atoms with Crippen LogP contribution in [0.1, 0.15) is 33.3 Å². The van der Waals surface area contributed by atoms with Gasteiger partial charge in [-0.25, -0.2) is 8.42 Å². The third kappa shape index (κ3) is 7.37.